The van der Waals surface area contributed by atoms with Crippen molar-refractivity contribution in [1.82, 2.24) is 15.6 Å². The number of hydrogen-bond acceptors (Lipinski definition) is 3. The molecule has 0 aromatic carbocycles. The van der Waals surface area contributed by atoms with Crippen LogP contribution in [0.4, 0.5) is 0 Å². The van der Waals surface area contributed by atoms with Crippen LogP contribution in [-0.4, -0.2) is 30.6 Å². The molecule has 2 atom stereocenters. The predicted octanol–water partition coefficient (Wildman–Crippen LogP) is 2.66. The van der Waals surface area contributed by atoms with E-state index in [9.17, 15) is 0 Å². The number of aromatic nitrogens is 1. The number of rotatable bonds is 6. The lowest BCUT2D eigenvalue weighted by Crippen LogP contribution is -2.40. The molecule has 0 radical (unpaired) electrons. The van der Waals surface area contributed by atoms with E-state index in [0.29, 0.717) is 6.04 Å². The van der Waals surface area contributed by atoms with Gasteiger partial charge in [-0.05, 0) is 32.6 Å². The van der Waals surface area contributed by atoms with Gasteiger partial charge in [0.15, 0.2) is 5.96 Å². The molecule has 112 valence electrons. The minimum Gasteiger partial charge on any atom is -0.356 e. The number of guanidine groups is 1. The Balaban J connectivity index is 1.69. The van der Waals surface area contributed by atoms with Crippen LogP contribution in [0.1, 0.15) is 41.8 Å². The first-order chi connectivity index (χ1) is 9.63. The van der Waals surface area contributed by atoms with E-state index in [2.05, 4.69) is 41.4 Å². The van der Waals surface area contributed by atoms with Gasteiger partial charge < -0.3 is 10.6 Å². The molecule has 4 nitrogen and oxygen atoms in total. The van der Waals surface area contributed by atoms with E-state index >= 15 is 0 Å². The minimum atomic E-state index is 0.630. The molecule has 2 N–H and O–H groups in total. The van der Waals surface area contributed by atoms with E-state index in [1.165, 1.54) is 29.1 Å². The molecule has 0 aliphatic heterocycles. The molecule has 1 aliphatic carbocycles. The Morgan fingerprint density at radius 3 is 2.85 bits per heavy atom. The van der Waals surface area contributed by atoms with Crippen molar-refractivity contribution in [3.05, 3.63) is 15.6 Å². The average Bonchev–Trinajstić information content (AvgIpc) is 3.06. The molecule has 0 bridgehead atoms. The minimum absolute atomic E-state index is 0.630. The monoisotopic (exact) mass is 294 g/mol. The van der Waals surface area contributed by atoms with Gasteiger partial charge in [0.25, 0.3) is 0 Å². The molecule has 1 saturated carbocycles. The standard InChI is InChI=1S/C15H26N4S/c1-5-6-12-9-13(12)19-15(16-4)17-8-7-14-18-10(2)11(3)20-14/h12-13H,5-9H2,1-4H3,(H2,16,17,19). The van der Waals surface area contributed by atoms with Crippen molar-refractivity contribution in [2.75, 3.05) is 13.6 Å². The summed E-state index contributed by atoms with van der Waals surface area (Å²) < 4.78 is 0. The van der Waals surface area contributed by atoms with Crippen molar-refractivity contribution >= 4 is 17.3 Å². The highest BCUT2D eigenvalue weighted by Gasteiger charge is 2.36. The second-order valence-electron chi connectivity index (χ2n) is 5.53. The van der Waals surface area contributed by atoms with Gasteiger partial charge in [-0.25, -0.2) is 4.98 Å². The zero-order valence-electron chi connectivity index (χ0n) is 13.0. The molecule has 0 amide bonds. The first-order valence-electron chi connectivity index (χ1n) is 7.54. The molecular weight excluding hydrogens is 268 g/mol. The maximum Gasteiger partial charge on any atom is 0.191 e. The van der Waals surface area contributed by atoms with E-state index in [-0.39, 0.29) is 0 Å². The van der Waals surface area contributed by atoms with Crippen LogP contribution >= 0.6 is 11.3 Å². The summed E-state index contributed by atoms with van der Waals surface area (Å²) in [5.41, 5.74) is 1.16. The molecule has 5 heteroatoms. The lowest BCUT2D eigenvalue weighted by Gasteiger charge is -2.11. The van der Waals surface area contributed by atoms with Crippen LogP contribution in [0.2, 0.25) is 0 Å². The Morgan fingerprint density at radius 2 is 2.25 bits per heavy atom. The maximum absolute atomic E-state index is 4.56. The van der Waals surface area contributed by atoms with Crippen molar-refractivity contribution in [2.45, 2.75) is 52.5 Å². The van der Waals surface area contributed by atoms with Gasteiger partial charge in [0.05, 0.1) is 10.7 Å². The fourth-order valence-corrected chi connectivity index (χ4v) is 3.35. The zero-order valence-corrected chi connectivity index (χ0v) is 13.8. The fraction of sp³-hybridized carbons (Fsp3) is 0.733. The van der Waals surface area contributed by atoms with Crippen molar-refractivity contribution in [3.63, 3.8) is 0 Å². The number of aliphatic imine (C=N–C) groups is 1. The number of nitrogens with one attached hydrogen (secondary N) is 2. The first-order valence-corrected chi connectivity index (χ1v) is 8.35. The Bertz CT molecular complexity index is 447. The Hall–Kier alpha value is -1.10. The molecule has 1 aromatic heterocycles. The van der Waals surface area contributed by atoms with Crippen molar-refractivity contribution in [3.8, 4) is 0 Å². The van der Waals surface area contributed by atoms with Crippen LogP contribution in [0, 0.1) is 19.8 Å². The van der Waals surface area contributed by atoms with Gasteiger partial charge in [0, 0.05) is 30.9 Å². The van der Waals surface area contributed by atoms with Gasteiger partial charge >= 0.3 is 0 Å². The Kier molecular flexibility index (Phi) is 5.40. The van der Waals surface area contributed by atoms with Gasteiger partial charge in [-0.2, -0.15) is 0 Å². The van der Waals surface area contributed by atoms with Crippen molar-refractivity contribution in [2.24, 2.45) is 10.9 Å². The molecule has 1 aliphatic rings. The summed E-state index contributed by atoms with van der Waals surface area (Å²) in [4.78, 5) is 10.2. The van der Waals surface area contributed by atoms with Gasteiger partial charge in [0.2, 0.25) is 0 Å². The summed E-state index contributed by atoms with van der Waals surface area (Å²) in [5, 5.41) is 8.09. The molecule has 1 fully saturated rings. The van der Waals surface area contributed by atoms with Gasteiger partial charge in [-0.1, -0.05) is 13.3 Å². The molecular formula is C15H26N4S. The molecule has 1 heterocycles. The third kappa shape index (κ3) is 4.20. The Labute approximate surface area is 126 Å². The van der Waals surface area contributed by atoms with Crippen LogP contribution in [0.5, 0.6) is 0 Å². The quantitative estimate of drug-likeness (QED) is 0.626. The summed E-state index contributed by atoms with van der Waals surface area (Å²) >= 11 is 1.80. The van der Waals surface area contributed by atoms with Crippen LogP contribution in [0.25, 0.3) is 0 Å². The van der Waals surface area contributed by atoms with Gasteiger partial charge in [0.1, 0.15) is 0 Å². The second-order valence-corrected chi connectivity index (χ2v) is 6.82. The largest absolute Gasteiger partial charge is 0.356 e. The summed E-state index contributed by atoms with van der Waals surface area (Å²) in [7, 11) is 1.84. The highest BCUT2D eigenvalue weighted by molar-refractivity contribution is 7.11. The third-order valence-electron chi connectivity index (χ3n) is 3.83. The van der Waals surface area contributed by atoms with E-state index in [0.717, 1.165) is 30.5 Å². The molecule has 0 saturated heterocycles. The summed E-state index contributed by atoms with van der Waals surface area (Å²) in [6.07, 6.45) is 4.85. The maximum atomic E-state index is 4.56. The third-order valence-corrected chi connectivity index (χ3v) is 4.96. The summed E-state index contributed by atoms with van der Waals surface area (Å²) in [6.45, 7) is 7.34. The van der Waals surface area contributed by atoms with E-state index in [1.54, 1.807) is 11.3 Å². The average molecular weight is 294 g/mol. The summed E-state index contributed by atoms with van der Waals surface area (Å²) in [5.74, 6) is 1.78. The SMILES string of the molecule is CCCC1CC1NC(=NC)NCCc1nc(C)c(C)s1. The van der Waals surface area contributed by atoms with Crippen LogP contribution < -0.4 is 10.6 Å². The number of nitrogens with zero attached hydrogens (tertiary/aromatic N) is 2. The fourth-order valence-electron chi connectivity index (χ4n) is 2.42. The first kappa shape index (κ1) is 15.3. The van der Waals surface area contributed by atoms with E-state index in [4.69, 9.17) is 0 Å². The van der Waals surface area contributed by atoms with Crippen molar-refractivity contribution in [1.29, 1.82) is 0 Å². The summed E-state index contributed by atoms with van der Waals surface area (Å²) in [6, 6.07) is 0.630. The molecule has 0 spiro atoms. The molecule has 2 rings (SSSR count). The van der Waals surface area contributed by atoms with Gasteiger partial charge in [-0.3, -0.25) is 4.99 Å². The lowest BCUT2D eigenvalue weighted by atomic mass is 10.2. The van der Waals surface area contributed by atoms with Crippen molar-refractivity contribution < 1.29 is 0 Å². The highest BCUT2D eigenvalue weighted by Crippen LogP contribution is 2.34. The van der Waals surface area contributed by atoms with Crippen LogP contribution in [-0.2, 0) is 6.42 Å². The molecule has 2 unspecified atom stereocenters. The Morgan fingerprint density at radius 1 is 1.45 bits per heavy atom. The van der Waals surface area contributed by atoms with Crippen LogP contribution in [0.3, 0.4) is 0 Å². The number of hydrogen-bond donors (Lipinski definition) is 2. The normalized spacial score (nSPS) is 21.9. The lowest BCUT2D eigenvalue weighted by molar-refractivity contribution is 0.655. The zero-order chi connectivity index (χ0) is 14.5. The predicted molar refractivity (Wildman–Crippen MR) is 86.6 cm³/mol. The van der Waals surface area contributed by atoms with Crippen LogP contribution in [0.15, 0.2) is 4.99 Å². The van der Waals surface area contributed by atoms with E-state index in [1.807, 2.05) is 7.05 Å². The highest BCUT2D eigenvalue weighted by atomic mass is 32.1. The number of aryl methyl sites for hydroxylation is 2. The topological polar surface area (TPSA) is 49.3 Å². The van der Waals surface area contributed by atoms with Gasteiger partial charge in [-0.15, -0.1) is 11.3 Å². The molecule has 1 aromatic rings. The van der Waals surface area contributed by atoms with E-state index < -0.39 is 0 Å². The molecule has 20 heavy (non-hydrogen) atoms. The smallest absolute Gasteiger partial charge is 0.191 e. The second kappa shape index (κ2) is 7.07. The number of thiazole rings is 1.